The Balaban J connectivity index is 1.64. The Morgan fingerprint density at radius 2 is 1.86 bits per heavy atom. The first kappa shape index (κ1) is 20.0. The van der Waals surface area contributed by atoms with Gasteiger partial charge < -0.3 is 4.90 Å². The van der Waals surface area contributed by atoms with E-state index in [1.807, 2.05) is 49.1 Å². The van der Waals surface area contributed by atoms with E-state index in [-0.39, 0.29) is 22.6 Å². The molecule has 6 nitrogen and oxygen atoms in total. The van der Waals surface area contributed by atoms with Gasteiger partial charge in [0.05, 0.1) is 4.92 Å². The molecule has 0 unspecified atom stereocenters. The van der Waals surface area contributed by atoms with Gasteiger partial charge >= 0.3 is 0 Å². The molecule has 0 saturated carbocycles. The van der Waals surface area contributed by atoms with Crippen LogP contribution in [0.15, 0.2) is 48.5 Å². The van der Waals surface area contributed by atoms with Gasteiger partial charge in [-0.3, -0.25) is 19.8 Å². The minimum absolute atomic E-state index is 0.120. The number of hydrogen-bond acceptors (Lipinski definition) is 4. The number of carbonyl (C=O) groups is 1. The summed E-state index contributed by atoms with van der Waals surface area (Å²) >= 11 is 0. The van der Waals surface area contributed by atoms with Gasteiger partial charge in [-0.2, -0.15) is 0 Å². The average molecular weight is 381 g/mol. The van der Waals surface area contributed by atoms with Crippen LogP contribution in [-0.2, 0) is 11.3 Å². The molecule has 0 N–H and O–H groups in total. The van der Waals surface area contributed by atoms with Crippen LogP contribution in [-0.4, -0.2) is 34.9 Å². The second-order valence-electron chi connectivity index (χ2n) is 7.39. The molecule has 1 heterocycles. The lowest BCUT2D eigenvalue weighted by Crippen LogP contribution is -2.47. The number of rotatable bonds is 6. The average Bonchev–Trinajstić information content (AvgIpc) is 2.70. The number of likely N-dealkylation sites (tertiary alicyclic amines) is 1. The second kappa shape index (κ2) is 8.97. The van der Waals surface area contributed by atoms with E-state index in [0.717, 1.165) is 49.3 Å². The number of non-ortho nitro benzene ring substituents is 1. The first-order valence-electron chi connectivity index (χ1n) is 9.82. The van der Waals surface area contributed by atoms with Crippen LogP contribution in [0.3, 0.4) is 0 Å². The van der Waals surface area contributed by atoms with Crippen molar-refractivity contribution < 1.29 is 9.72 Å². The zero-order valence-corrected chi connectivity index (χ0v) is 16.5. The first-order valence-corrected chi connectivity index (χ1v) is 9.82. The minimum Gasteiger partial charge on any atom is -0.309 e. The van der Waals surface area contributed by atoms with Gasteiger partial charge in [-0.1, -0.05) is 31.2 Å². The SMILES string of the molecule is CCC(=O)N(c1cccc(C)c1)C1CCN(Cc2ccc([N+](=O)[O-])cc2)CC1. The van der Waals surface area contributed by atoms with Crippen molar-refractivity contribution in [2.75, 3.05) is 18.0 Å². The summed E-state index contributed by atoms with van der Waals surface area (Å²) in [5.74, 6) is 0.166. The molecule has 6 heteroatoms. The smallest absolute Gasteiger partial charge is 0.269 e. The minimum atomic E-state index is -0.375. The lowest BCUT2D eigenvalue weighted by Gasteiger charge is -2.38. The standard InChI is InChI=1S/C22H27N3O3/c1-3-22(26)24(21-6-4-5-17(2)15-21)19-11-13-23(14-12-19)16-18-7-9-20(10-8-18)25(27)28/h4-10,15,19H,3,11-14,16H2,1-2H3. The highest BCUT2D eigenvalue weighted by Crippen LogP contribution is 2.26. The first-order chi connectivity index (χ1) is 13.5. The molecule has 0 atom stereocenters. The quantitative estimate of drug-likeness (QED) is 0.552. The molecule has 0 bridgehead atoms. The number of nitrogens with zero attached hydrogens (tertiary/aromatic N) is 3. The number of carbonyl (C=O) groups excluding carboxylic acids is 1. The van der Waals surface area contributed by atoms with Crippen molar-refractivity contribution in [1.29, 1.82) is 0 Å². The predicted molar refractivity (Wildman–Crippen MR) is 110 cm³/mol. The highest BCUT2D eigenvalue weighted by atomic mass is 16.6. The molecule has 1 saturated heterocycles. The van der Waals surface area contributed by atoms with Crippen LogP contribution >= 0.6 is 0 Å². The molecular weight excluding hydrogens is 354 g/mol. The molecule has 148 valence electrons. The number of hydrogen-bond donors (Lipinski definition) is 0. The van der Waals surface area contributed by atoms with Gasteiger partial charge in [-0.25, -0.2) is 0 Å². The number of nitro benzene ring substituents is 1. The third-order valence-corrected chi connectivity index (χ3v) is 5.33. The molecule has 28 heavy (non-hydrogen) atoms. The van der Waals surface area contributed by atoms with E-state index in [1.54, 1.807) is 12.1 Å². The van der Waals surface area contributed by atoms with E-state index < -0.39 is 0 Å². The molecule has 1 aliphatic rings. The molecular formula is C22H27N3O3. The largest absolute Gasteiger partial charge is 0.309 e. The fourth-order valence-corrected chi connectivity index (χ4v) is 3.82. The third-order valence-electron chi connectivity index (χ3n) is 5.33. The van der Waals surface area contributed by atoms with E-state index >= 15 is 0 Å². The van der Waals surface area contributed by atoms with Crippen molar-refractivity contribution in [2.24, 2.45) is 0 Å². The summed E-state index contributed by atoms with van der Waals surface area (Å²) in [6, 6.07) is 15.1. The van der Waals surface area contributed by atoms with Crippen molar-refractivity contribution >= 4 is 17.3 Å². The van der Waals surface area contributed by atoms with E-state index in [2.05, 4.69) is 11.0 Å². The van der Waals surface area contributed by atoms with E-state index in [9.17, 15) is 14.9 Å². The van der Waals surface area contributed by atoms with Crippen LogP contribution in [0.5, 0.6) is 0 Å². The Bertz CT molecular complexity index is 827. The highest BCUT2D eigenvalue weighted by Gasteiger charge is 2.28. The molecule has 1 aliphatic heterocycles. The van der Waals surface area contributed by atoms with Crippen LogP contribution in [0, 0.1) is 17.0 Å². The van der Waals surface area contributed by atoms with Gasteiger partial charge in [-0.05, 0) is 43.0 Å². The van der Waals surface area contributed by atoms with Crippen LogP contribution in [0.4, 0.5) is 11.4 Å². The number of amides is 1. The van der Waals surface area contributed by atoms with Crippen molar-refractivity contribution in [2.45, 2.75) is 45.7 Å². The third kappa shape index (κ3) is 4.75. The maximum Gasteiger partial charge on any atom is 0.269 e. The summed E-state index contributed by atoms with van der Waals surface area (Å²) in [4.78, 5) is 27.4. The number of piperidine rings is 1. The number of anilines is 1. The second-order valence-corrected chi connectivity index (χ2v) is 7.39. The molecule has 2 aromatic rings. The van der Waals surface area contributed by atoms with Gasteiger partial charge in [0.25, 0.3) is 5.69 Å². The summed E-state index contributed by atoms with van der Waals surface area (Å²) in [6.45, 7) is 6.54. The lowest BCUT2D eigenvalue weighted by molar-refractivity contribution is -0.384. The van der Waals surface area contributed by atoms with E-state index in [4.69, 9.17) is 0 Å². The normalized spacial score (nSPS) is 15.4. The zero-order chi connectivity index (χ0) is 20.1. The summed E-state index contributed by atoms with van der Waals surface area (Å²) in [7, 11) is 0. The van der Waals surface area contributed by atoms with Gasteiger partial charge in [0.15, 0.2) is 0 Å². The summed E-state index contributed by atoms with van der Waals surface area (Å²) in [6.07, 6.45) is 2.34. The van der Waals surface area contributed by atoms with Crippen LogP contribution < -0.4 is 4.90 Å². The van der Waals surface area contributed by atoms with Gasteiger partial charge in [0.2, 0.25) is 5.91 Å². The Kier molecular flexibility index (Phi) is 6.41. The van der Waals surface area contributed by atoms with Gasteiger partial charge in [-0.15, -0.1) is 0 Å². The Labute approximate surface area is 165 Å². The van der Waals surface area contributed by atoms with Crippen LogP contribution in [0.1, 0.15) is 37.3 Å². The predicted octanol–water partition coefficient (Wildman–Crippen LogP) is 4.31. The Morgan fingerprint density at radius 1 is 1.18 bits per heavy atom. The summed E-state index contributed by atoms with van der Waals surface area (Å²) in [5.41, 5.74) is 3.33. The molecule has 1 amide bonds. The van der Waals surface area contributed by atoms with Crippen molar-refractivity contribution in [3.63, 3.8) is 0 Å². The van der Waals surface area contributed by atoms with Crippen molar-refractivity contribution in [3.05, 3.63) is 69.8 Å². The zero-order valence-electron chi connectivity index (χ0n) is 16.5. The number of nitro groups is 1. The van der Waals surface area contributed by atoms with Crippen LogP contribution in [0.25, 0.3) is 0 Å². The van der Waals surface area contributed by atoms with E-state index in [0.29, 0.717) is 6.42 Å². The molecule has 0 aromatic heterocycles. The maximum absolute atomic E-state index is 12.6. The van der Waals surface area contributed by atoms with E-state index in [1.165, 1.54) is 0 Å². The topological polar surface area (TPSA) is 66.7 Å². The highest BCUT2D eigenvalue weighted by molar-refractivity contribution is 5.93. The fourth-order valence-electron chi connectivity index (χ4n) is 3.82. The molecule has 2 aromatic carbocycles. The van der Waals surface area contributed by atoms with Crippen LogP contribution in [0.2, 0.25) is 0 Å². The summed E-state index contributed by atoms with van der Waals surface area (Å²) < 4.78 is 0. The van der Waals surface area contributed by atoms with Gasteiger partial charge in [0, 0.05) is 49.9 Å². The lowest BCUT2D eigenvalue weighted by atomic mass is 10.0. The number of benzene rings is 2. The molecule has 1 fully saturated rings. The summed E-state index contributed by atoms with van der Waals surface area (Å²) in [5, 5.41) is 10.8. The van der Waals surface area contributed by atoms with Gasteiger partial charge in [0.1, 0.15) is 0 Å². The maximum atomic E-state index is 12.6. The molecule has 3 rings (SSSR count). The fraction of sp³-hybridized carbons (Fsp3) is 0.409. The molecule has 0 aliphatic carbocycles. The monoisotopic (exact) mass is 381 g/mol. The van der Waals surface area contributed by atoms with Crippen molar-refractivity contribution in [3.8, 4) is 0 Å². The molecule has 0 radical (unpaired) electrons. The molecule has 0 spiro atoms. The Hall–Kier alpha value is -2.73. The Morgan fingerprint density at radius 3 is 2.43 bits per heavy atom. The van der Waals surface area contributed by atoms with Crippen molar-refractivity contribution in [1.82, 2.24) is 4.90 Å². The number of aryl methyl sites for hydroxylation is 1.